The molecule has 1 aliphatic rings. The molecular weight excluding hydrogens is 390 g/mol. The lowest BCUT2D eigenvalue weighted by Crippen LogP contribution is -2.44. The average molecular weight is 412 g/mol. The number of amides is 1. The Labute approximate surface area is 173 Å². The number of benzene rings is 2. The SMILES string of the molecule is COC(=O)c1[nH]c2ccc(Cl)cc2c1NC(=O)[C@@H](C)N1CCc2ccccc2C1. The largest absolute Gasteiger partial charge is 0.464 e. The van der Waals surface area contributed by atoms with E-state index in [0.29, 0.717) is 28.2 Å². The number of carbonyl (C=O) groups excluding carboxylic acids is 2. The van der Waals surface area contributed by atoms with E-state index in [1.807, 2.05) is 19.1 Å². The van der Waals surface area contributed by atoms with Crippen LogP contribution < -0.4 is 5.32 Å². The third-order valence-corrected chi connectivity index (χ3v) is 5.72. The Hall–Kier alpha value is -2.83. The number of halogens is 1. The van der Waals surface area contributed by atoms with Crippen LogP contribution in [-0.2, 0) is 22.5 Å². The molecule has 3 aromatic rings. The van der Waals surface area contributed by atoms with Gasteiger partial charge in [-0.2, -0.15) is 0 Å². The van der Waals surface area contributed by atoms with Gasteiger partial charge in [-0.15, -0.1) is 0 Å². The molecule has 0 saturated heterocycles. The summed E-state index contributed by atoms with van der Waals surface area (Å²) in [7, 11) is 1.31. The number of anilines is 1. The summed E-state index contributed by atoms with van der Waals surface area (Å²) in [5, 5.41) is 4.11. The Morgan fingerprint density at radius 3 is 2.72 bits per heavy atom. The number of esters is 1. The predicted octanol–water partition coefficient (Wildman–Crippen LogP) is 3.99. The van der Waals surface area contributed by atoms with Crippen molar-refractivity contribution >= 4 is 40.1 Å². The number of nitrogens with one attached hydrogen (secondary N) is 2. The molecule has 2 aromatic carbocycles. The first-order valence-electron chi connectivity index (χ1n) is 9.49. The van der Waals surface area contributed by atoms with Crippen LogP contribution in [0.3, 0.4) is 0 Å². The van der Waals surface area contributed by atoms with E-state index in [2.05, 4.69) is 27.3 Å². The van der Waals surface area contributed by atoms with Gasteiger partial charge in [-0.3, -0.25) is 9.69 Å². The second kappa shape index (κ2) is 7.89. The number of aromatic nitrogens is 1. The van der Waals surface area contributed by atoms with Gasteiger partial charge in [0, 0.05) is 29.0 Å². The highest BCUT2D eigenvalue weighted by Crippen LogP contribution is 2.31. The Balaban J connectivity index is 1.60. The molecule has 0 bridgehead atoms. The number of aromatic amines is 1. The maximum Gasteiger partial charge on any atom is 0.356 e. The summed E-state index contributed by atoms with van der Waals surface area (Å²) in [6, 6.07) is 13.1. The number of ether oxygens (including phenoxy) is 1. The molecule has 4 rings (SSSR count). The zero-order chi connectivity index (χ0) is 20.5. The number of nitrogens with zero attached hydrogens (tertiary/aromatic N) is 1. The molecule has 2 heterocycles. The molecule has 0 aliphatic carbocycles. The highest BCUT2D eigenvalue weighted by Gasteiger charge is 2.27. The molecule has 29 heavy (non-hydrogen) atoms. The van der Waals surface area contributed by atoms with Gasteiger partial charge in [0.2, 0.25) is 5.91 Å². The fourth-order valence-electron chi connectivity index (χ4n) is 3.79. The van der Waals surface area contributed by atoms with Crippen LogP contribution in [0.4, 0.5) is 5.69 Å². The van der Waals surface area contributed by atoms with Crippen molar-refractivity contribution in [3.63, 3.8) is 0 Å². The summed E-state index contributed by atoms with van der Waals surface area (Å²) in [4.78, 5) is 30.4. The zero-order valence-electron chi connectivity index (χ0n) is 16.3. The van der Waals surface area contributed by atoms with Gasteiger partial charge in [-0.25, -0.2) is 4.79 Å². The van der Waals surface area contributed by atoms with Crippen LogP contribution in [-0.4, -0.2) is 41.5 Å². The van der Waals surface area contributed by atoms with Crippen LogP contribution in [0.25, 0.3) is 10.9 Å². The fraction of sp³-hybridized carbons (Fsp3) is 0.273. The second-order valence-electron chi connectivity index (χ2n) is 7.21. The van der Waals surface area contributed by atoms with Crippen molar-refractivity contribution in [2.45, 2.75) is 25.9 Å². The van der Waals surface area contributed by atoms with Gasteiger partial charge in [-0.05, 0) is 42.7 Å². The van der Waals surface area contributed by atoms with Crippen molar-refractivity contribution in [1.82, 2.24) is 9.88 Å². The highest BCUT2D eigenvalue weighted by molar-refractivity contribution is 6.31. The first kappa shape index (κ1) is 19.5. The van der Waals surface area contributed by atoms with Gasteiger partial charge in [0.25, 0.3) is 0 Å². The minimum atomic E-state index is -0.549. The monoisotopic (exact) mass is 411 g/mol. The van der Waals surface area contributed by atoms with E-state index in [1.54, 1.807) is 18.2 Å². The summed E-state index contributed by atoms with van der Waals surface area (Å²) in [6.45, 7) is 3.40. The Morgan fingerprint density at radius 2 is 1.97 bits per heavy atom. The molecule has 1 aromatic heterocycles. The number of methoxy groups -OCH3 is 1. The summed E-state index contributed by atoms with van der Waals surface area (Å²) in [5.41, 5.74) is 3.87. The lowest BCUT2D eigenvalue weighted by molar-refractivity contribution is -0.121. The van der Waals surface area contributed by atoms with Crippen molar-refractivity contribution in [1.29, 1.82) is 0 Å². The number of fused-ring (bicyclic) bond motifs is 2. The molecule has 150 valence electrons. The first-order chi connectivity index (χ1) is 14.0. The van der Waals surface area contributed by atoms with Crippen LogP contribution in [0.5, 0.6) is 0 Å². The molecular formula is C22H22ClN3O3. The van der Waals surface area contributed by atoms with Gasteiger partial charge in [0.15, 0.2) is 0 Å². The summed E-state index contributed by atoms with van der Waals surface area (Å²) < 4.78 is 4.87. The smallest absolute Gasteiger partial charge is 0.356 e. The Bertz CT molecular complexity index is 1090. The van der Waals surface area contributed by atoms with E-state index in [0.717, 1.165) is 13.0 Å². The van der Waals surface area contributed by atoms with E-state index in [-0.39, 0.29) is 17.6 Å². The molecule has 0 radical (unpaired) electrons. The molecule has 1 amide bonds. The van der Waals surface area contributed by atoms with Gasteiger partial charge >= 0.3 is 5.97 Å². The number of hydrogen-bond acceptors (Lipinski definition) is 4. The quantitative estimate of drug-likeness (QED) is 0.636. The minimum Gasteiger partial charge on any atom is -0.464 e. The number of H-pyrrole nitrogens is 1. The Kier molecular flexibility index (Phi) is 5.30. The lowest BCUT2D eigenvalue weighted by atomic mass is 9.98. The van der Waals surface area contributed by atoms with Crippen LogP contribution in [0.1, 0.15) is 28.5 Å². The normalized spacial score (nSPS) is 15.0. The zero-order valence-corrected chi connectivity index (χ0v) is 17.0. The molecule has 7 heteroatoms. The van der Waals surface area contributed by atoms with Crippen molar-refractivity contribution in [3.05, 3.63) is 64.3 Å². The maximum absolute atomic E-state index is 13.1. The molecule has 6 nitrogen and oxygen atoms in total. The third kappa shape index (κ3) is 3.73. The molecule has 0 saturated carbocycles. The summed E-state index contributed by atoms with van der Waals surface area (Å²) in [5.74, 6) is -0.734. The second-order valence-corrected chi connectivity index (χ2v) is 7.65. The van der Waals surface area contributed by atoms with Gasteiger partial charge in [0.1, 0.15) is 5.69 Å². The van der Waals surface area contributed by atoms with Crippen molar-refractivity contribution in [3.8, 4) is 0 Å². The van der Waals surface area contributed by atoms with Crippen LogP contribution in [0, 0.1) is 0 Å². The third-order valence-electron chi connectivity index (χ3n) is 5.49. The van der Waals surface area contributed by atoms with Crippen molar-refractivity contribution in [2.75, 3.05) is 19.0 Å². The molecule has 1 aliphatic heterocycles. The van der Waals surface area contributed by atoms with Gasteiger partial charge < -0.3 is 15.0 Å². The average Bonchev–Trinajstić information content (AvgIpc) is 3.09. The van der Waals surface area contributed by atoms with Crippen molar-refractivity contribution < 1.29 is 14.3 Å². The molecule has 0 fully saturated rings. The van der Waals surface area contributed by atoms with E-state index in [9.17, 15) is 9.59 Å². The molecule has 0 spiro atoms. The summed E-state index contributed by atoms with van der Waals surface area (Å²) in [6.07, 6.45) is 0.907. The van der Waals surface area contributed by atoms with Gasteiger partial charge in [-0.1, -0.05) is 35.9 Å². The highest BCUT2D eigenvalue weighted by atomic mass is 35.5. The first-order valence-corrected chi connectivity index (χ1v) is 9.87. The maximum atomic E-state index is 13.1. The topological polar surface area (TPSA) is 74.4 Å². The minimum absolute atomic E-state index is 0.185. The van der Waals surface area contributed by atoms with E-state index >= 15 is 0 Å². The molecule has 0 unspecified atom stereocenters. The van der Waals surface area contributed by atoms with E-state index in [4.69, 9.17) is 16.3 Å². The van der Waals surface area contributed by atoms with Crippen LogP contribution in [0.2, 0.25) is 5.02 Å². The molecule has 2 N–H and O–H groups in total. The van der Waals surface area contributed by atoms with E-state index < -0.39 is 5.97 Å². The number of hydrogen-bond donors (Lipinski definition) is 2. The Morgan fingerprint density at radius 1 is 1.21 bits per heavy atom. The standard InChI is InChI=1S/C22H22ClN3O3/c1-13(26-10-9-14-5-3-4-6-15(14)12-26)21(27)25-19-17-11-16(23)7-8-18(17)24-20(19)22(28)29-2/h3-8,11,13,24H,9-10,12H2,1-2H3,(H,25,27)/t13-/m1/s1. The summed E-state index contributed by atoms with van der Waals surface area (Å²) >= 11 is 6.13. The van der Waals surface area contributed by atoms with Crippen molar-refractivity contribution in [2.24, 2.45) is 0 Å². The van der Waals surface area contributed by atoms with Crippen LogP contribution in [0.15, 0.2) is 42.5 Å². The van der Waals surface area contributed by atoms with Gasteiger partial charge in [0.05, 0.1) is 18.8 Å². The predicted molar refractivity (Wildman–Crippen MR) is 113 cm³/mol. The van der Waals surface area contributed by atoms with E-state index in [1.165, 1.54) is 18.2 Å². The fourth-order valence-corrected chi connectivity index (χ4v) is 3.96. The molecule has 1 atom stereocenters. The van der Waals surface area contributed by atoms with Crippen LogP contribution >= 0.6 is 11.6 Å². The number of rotatable bonds is 4. The number of carbonyl (C=O) groups is 2. The lowest BCUT2D eigenvalue weighted by Gasteiger charge is -2.32.